The van der Waals surface area contributed by atoms with Crippen LogP contribution < -0.4 is 15.4 Å². The molecule has 3 aromatic rings. The van der Waals surface area contributed by atoms with Gasteiger partial charge in [0.1, 0.15) is 5.60 Å². The molecule has 0 radical (unpaired) electrons. The number of amides is 1. The average Bonchev–Trinajstić information content (AvgIpc) is 3.40. The van der Waals surface area contributed by atoms with Gasteiger partial charge in [-0.05, 0) is 60.3 Å². The molecule has 1 aliphatic carbocycles. The Labute approximate surface area is 235 Å². The number of pyridine rings is 1. The highest BCUT2D eigenvalue weighted by Gasteiger charge is 2.46. The van der Waals surface area contributed by atoms with Gasteiger partial charge in [-0.1, -0.05) is 45.0 Å². The van der Waals surface area contributed by atoms with Crippen molar-refractivity contribution in [2.75, 3.05) is 6.54 Å². The van der Waals surface area contributed by atoms with Gasteiger partial charge in [-0.3, -0.25) is 9.78 Å². The zero-order valence-electron chi connectivity index (χ0n) is 23.4. The molecule has 3 N–H and O–H groups in total. The number of thiazole rings is 1. The van der Waals surface area contributed by atoms with E-state index >= 15 is 0 Å². The van der Waals surface area contributed by atoms with Gasteiger partial charge in [0.05, 0.1) is 22.5 Å². The van der Waals surface area contributed by atoms with Crippen molar-refractivity contribution < 1.29 is 14.6 Å². The Kier molecular flexibility index (Phi) is 8.08. The molecule has 3 atom stereocenters. The van der Waals surface area contributed by atoms with Crippen LogP contribution in [0.15, 0.2) is 48.2 Å². The zero-order valence-corrected chi connectivity index (χ0v) is 24.2. The van der Waals surface area contributed by atoms with Gasteiger partial charge in [-0.15, -0.1) is 11.3 Å². The Morgan fingerprint density at radius 1 is 1.23 bits per heavy atom. The molecule has 0 saturated heterocycles. The highest BCUT2D eigenvalue weighted by Crippen LogP contribution is 2.48. The molecule has 1 spiro atoms. The quantitative estimate of drug-likeness (QED) is 0.339. The Bertz CT molecular complexity index is 1280. The normalized spacial score (nSPS) is 19.5. The SMILES string of the molecule is CC(=O)N[C@@H](Cc1cccc(-c2cncs2)c1)[C@H](O)CN[C@H]1CC2(CCC2)Oc2ncc(CC(C)(C)C)cc21. The summed E-state index contributed by atoms with van der Waals surface area (Å²) in [7, 11) is 0. The molecule has 2 aliphatic rings. The number of carbonyl (C=O) groups excluding carboxylic acids is 1. The maximum Gasteiger partial charge on any atom is 0.218 e. The van der Waals surface area contributed by atoms with E-state index in [1.165, 1.54) is 12.5 Å². The van der Waals surface area contributed by atoms with Crippen molar-refractivity contribution in [3.8, 4) is 16.3 Å². The molecular formula is C31H40N4O3S. The van der Waals surface area contributed by atoms with Crippen LogP contribution in [-0.2, 0) is 17.6 Å². The van der Waals surface area contributed by atoms with Crippen molar-refractivity contribution in [1.82, 2.24) is 20.6 Å². The van der Waals surface area contributed by atoms with Gasteiger partial charge in [-0.2, -0.15) is 0 Å². The molecule has 1 amide bonds. The smallest absolute Gasteiger partial charge is 0.218 e. The molecule has 7 nitrogen and oxygen atoms in total. The summed E-state index contributed by atoms with van der Waals surface area (Å²) in [4.78, 5) is 22.1. The average molecular weight is 549 g/mol. The minimum Gasteiger partial charge on any atom is -0.471 e. The summed E-state index contributed by atoms with van der Waals surface area (Å²) in [6, 6.07) is 10.1. The highest BCUT2D eigenvalue weighted by atomic mass is 32.1. The number of aromatic nitrogens is 2. The fourth-order valence-corrected chi connectivity index (χ4v) is 6.38. The second kappa shape index (κ2) is 11.4. The molecule has 0 bridgehead atoms. The fourth-order valence-electron chi connectivity index (χ4n) is 5.76. The van der Waals surface area contributed by atoms with Crippen molar-refractivity contribution in [2.45, 2.75) is 90.0 Å². The number of hydrogen-bond acceptors (Lipinski definition) is 7. The molecule has 0 unspecified atom stereocenters. The molecule has 39 heavy (non-hydrogen) atoms. The van der Waals surface area contributed by atoms with E-state index in [4.69, 9.17) is 9.72 Å². The molecule has 8 heteroatoms. The van der Waals surface area contributed by atoms with Gasteiger partial charge in [-0.25, -0.2) is 4.98 Å². The minimum atomic E-state index is -0.768. The lowest BCUT2D eigenvalue weighted by molar-refractivity contribution is -0.120. The number of benzene rings is 1. The van der Waals surface area contributed by atoms with Crippen molar-refractivity contribution in [3.05, 3.63) is 64.9 Å². The summed E-state index contributed by atoms with van der Waals surface area (Å²) in [6.07, 6.45) is 8.58. The number of fused-ring (bicyclic) bond motifs is 1. The van der Waals surface area contributed by atoms with Gasteiger partial charge < -0.3 is 20.5 Å². The molecule has 208 valence electrons. The molecule has 1 saturated carbocycles. The second-order valence-electron chi connectivity index (χ2n) is 12.4. The van der Waals surface area contributed by atoms with Gasteiger partial charge in [0, 0.05) is 43.9 Å². The van der Waals surface area contributed by atoms with Crippen LogP contribution in [0.25, 0.3) is 10.4 Å². The third-order valence-electron chi connectivity index (χ3n) is 7.73. The minimum absolute atomic E-state index is 0.0313. The van der Waals surface area contributed by atoms with E-state index in [1.54, 1.807) is 11.3 Å². The Morgan fingerprint density at radius 2 is 2.05 bits per heavy atom. The summed E-state index contributed by atoms with van der Waals surface area (Å²) in [5, 5.41) is 18.0. The van der Waals surface area contributed by atoms with Crippen LogP contribution in [0, 0.1) is 5.41 Å². The molecule has 1 aromatic carbocycles. The van der Waals surface area contributed by atoms with E-state index in [1.807, 2.05) is 30.0 Å². The van der Waals surface area contributed by atoms with Crippen LogP contribution in [0.5, 0.6) is 5.88 Å². The summed E-state index contributed by atoms with van der Waals surface area (Å²) in [5.41, 5.74) is 6.21. The fraction of sp³-hybridized carbons (Fsp3) is 0.516. The Balaban J connectivity index is 1.31. The van der Waals surface area contributed by atoms with Crippen LogP contribution in [-0.4, -0.2) is 45.3 Å². The first kappa shape index (κ1) is 27.7. The lowest BCUT2D eigenvalue weighted by Crippen LogP contribution is -2.52. The molecule has 3 heterocycles. The molecular weight excluding hydrogens is 508 g/mol. The first-order valence-corrected chi connectivity index (χ1v) is 14.8. The standard InChI is InChI=1S/C31H40N4O3S/c1-20(36)35-25(13-21-7-5-8-23(11-21)28-18-32-19-39-28)27(37)17-33-26-15-31(9-6-10-31)38-29-24(26)12-22(16-34-29)14-30(2,3)4/h5,7-8,11-12,16,18-19,25-27,33,37H,6,9-10,13-15,17H2,1-4H3,(H,35,36)/t25-,26-,27+/m0/s1. The van der Waals surface area contributed by atoms with E-state index in [-0.39, 0.29) is 23.0 Å². The van der Waals surface area contributed by atoms with Crippen LogP contribution in [0.4, 0.5) is 0 Å². The summed E-state index contributed by atoms with van der Waals surface area (Å²) >= 11 is 1.59. The van der Waals surface area contributed by atoms with Crippen molar-refractivity contribution in [2.24, 2.45) is 5.41 Å². The van der Waals surface area contributed by atoms with E-state index in [2.05, 4.69) is 54.6 Å². The van der Waals surface area contributed by atoms with Crippen molar-refractivity contribution in [3.63, 3.8) is 0 Å². The largest absolute Gasteiger partial charge is 0.471 e. The predicted molar refractivity (Wildman–Crippen MR) is 155 cm³/mol. The lowest BCUT2D eigenvalue weighted by Gasteiger charge is -2.47. The Morgan fingerprint density at radius 3 is 2.72 bits per heavy atom. The van der Waals surface area contributed by atoms with E-state index in [0.29, 0.717) is 18.8 Å². The first-order chi connectivity index (χ1) is 18.6. The van der Waals surface area contributed by atoms with E-state index < -0.39 is 12.1 Å². The second-order valence-corrected chi connectivity index (χ2v) is 13.3. The molecule has 1 fully saturated rings. The zero-order chi connectivity index (χ0) is 27.6. The molecule has 2 aromatic heterocycles. The maximum absolute atomic E-state index is 12.1. The number of carbonyl (C=O) groups is 1. The van der Waals surface area contributed by atoms with Gasteiger partial charge in [0.15, 0.2) is 0 Å². The number of nitrogens with zero attached hydrogens (tertiary/aromatic N) is 2. The molecule has 1 aliphatic heterocycles. The third kappa shape index (κ3) is 6.86. The monoisotopic (exact) mass is 548 g/mol. The summed E-state index contributed by atoms with van der Waals surface area (Å²) in [5.74, 6) is 0.558. The van der Waals surface area contributed by atoms with Gasteiger partial charge >= 0.3 is 0 Å². The van der Waals surface area contributed by atoms with E-state index in [0.717, 1.165) is 53.7 Å². The van der Waals surface area contributed by atoms with Gasteiger partial charge in [0.2, 0.25) is 11.8 Å². The lowest BCUT2D eigenvalue weighted by atomic mass is 9.73. The third-order valence-corrected chi connectivity index (χ3v) is 8.55. The predicted octanol–water partition coefficient (Wildman–Crippen LogP) is 5.24. The summed E-state index contributed by atoms with van der Waals surface area (Å²) in [6.45, 7) is 8.54. The number of aliphatic hydroxyl groups excluding tert-OH is 1. The topological polar surface area (TPSA) is 96.4 Å². The molecule has 5 rings (SSSR count). The van der Waals surface area contributed by atoms with Gasteiger partial charge in [0.25, 0.3) is 0 Å². The van der Waals surface area contributed by atoms with Crippen molar-refractivity contribution >= 4 is 17.2 Å². The van der Waals surface area contributed by atoms with Crippen LogP contribution >= 0.6 is 11.3 Å². The highest BCUT2D eigenvalue weighted by molar-refractivity contribution is 7.13. The van der Waals surface area contributed by atoms with Crippen LogP contribution in [0.3, 0.4) is 0 Å². The number of rotatable bonds is 9. The van der Waals surface area contributed by atoms with E-state index in [9.17, 15) is 9.90 Å². The van der Waals surface area contributed by atoms with Crippen LogP contribution in [0.2, 0.25) is 0 Å². The number of ether oxygens (including phenoxy) is 1. The number of aliphatic hydroxyl groups is 1. The van der Waals surface area contributed by atoms with Crippen molar-refractivity contribution in [1.29, 1.82) is 0 Å². The number of hydrogen-bond donors (Lipinski definition) is 3. The maximum atomic E-state index is 12.1. The Hall–Kier alpha value is -2.81. The first-order valence-electron chi connectivity index (χ1n) is 13.9. The number of nitrogens with one attached hydrogen (secondary N) is 2. The van der Waals surface area contributed by atoms with Crippen LogP contribution in [0.1, 0.15) is 76.1 Å². The summed E-state index contributed by atoms with van der Waals surface area (Å²) < 4.78 is 6.42.